The standard InChI is InChI=1S/C21H33N5O3/c1-6-22-21(23-10-7-11-26-16(3)12-15(2)25-26)24-14-18(27)17-8-9-19(28-4)20(13-17)29-5/h8-9,12-13,18,27H,6-7,10-11,14H2,1-5H3,(H2,22,23,24). The summed E-state index contributed by atoms with van der Waals surface area (Å²) in [7, 11) is 3.16. The number of guanidine groups is 1. The number of hydrogen-bond donors (Lipinski definition) is 3. The Labute approximate surface area is 172 Å². The van der Waals surface area contributed by atoms with E-state index in [1.165, 1.54) is 5.69 Å². The predicted octanol–water partition coefficient (Wildman–Crippen LogP) is 2.20. The van der Waals surface area contributed by atoms with Gasteiger partial charge < -0.3 is 25.2 Å². The number of nitrogens with zero attached hydrogens (tertiary/aromatic N) is 3. The number of benzene rings is 1. The van der Waals surface area contributed by atoms with Gasteiger partial charge in [-0.25, -0.2) is 0 Å². The number of aliphatic hydroxyl groups excluding tert-OH is 1. The molecule has 0 bridgehead atoms. The van der Waals surface area contributed by atoms with E-state index in [2.05, 4.69) is 33.7 Å². The van der Waals surface area contributed by atoms with Crippen molar-refractivity contribution in [3.8, 4) is 11.5 Å². The average molecular weight is 404 g/mol. The van der Waals surface area contributed by atoms with Crippen molar-refractivity contribution in [3.05, 3.63) is 41.2 Å². The second-order valence-electron chi connectivity index (χ2n) is 6.78. The highest BCUT2D eigenvalue weighted by atomic mass is 16.5. The second-order valence-corrected chi connectivity index (χ2v) is 6.78. The molecule has 8 nitrogen and oxygen atoms in total. The molecule has 0 amide bonds. The molecule has 0 saturated carbocycles. The Morgan fingerprint density at radius 1 is 1.17 bits per heavy atom. The lowest BCUT2D eigenvalue weighted by Gasteiger charge is -2.15. The predicted molar refractivity (Wildman–Crippen MR) is 115 cm³/mol. The minimum absolute atomic E-state index is 0.238. The number of nitrogens with one attached hydrogen (secondary N) is 2. The van der Waals surface area contributed by atoms with E-state index in [0.29, 0.717) is 17.5 Å². The fraction of sp³-hybridized carbons (Fsp3) is 0.524. The highest BCUT2D eigenvalue weighted by molar-refractivity contribution is 5.79. The Morgan fingerprint density at radius 3 is 2.55 bits per heavy atom. The van der Waals surface area contributed by atoms with E-state index in [1.54, 1.807) is 26.4 Å². The number of aliphatic hydroxyl groups is 1. The van der Waals surface area contributed by atoms with Gasteiger partial charge in [-0.1, -0.05) is 6.07 Å². The first-order valence-corrected chi connectivity index (χ1v) is 9.91. The molecule has 2 rings (SSSR count). The van der Waals surface area contributed by atoms with Crippen LogP contribution in [0.2, 0.25) is 0 Å². The van der Waals surface area contributed by atoms with Crippen molar-refractivity contribution in [3.63, 3.8) is 0 Å². The lowest BCUT2D eigenvalue weighted by atomic mass is 10.1. The summed E-state index contributed by atoms with van der Waals surface area (Å²) in [5, 5.41) is 21.5. The van der Waals surface area contributed by atoms with Crippen LogP contribution in [0.25, 0.3) is 0 Å². The van der Waals surface area contributed by atoms with Gasteiger partial charge in [-0.2, -0.15) is 5.10 Å². The Bertz CT molecular complexity index is 804. The molecule has 2 aromatic rings. The van der Waals surface area contributed by atoms with Gasteiger partial charge in [0.1, 0.15) is 0 Å². The SMILES string of the molecule is CCNC(=NCC(O)c1ccc(OC)c(OC)c1)NCCCn1nc(C)cc1C. The van der Waals surface area contributed by atoms with Gasteiger partial charge >= 0.3 is 0 Å². The normalized spacial score (nSPS) is 12.6. The van der Waals surface area contributed by atoms with Gasteiger partial charge in [-0.3, -0.25) is 9.67 Å². The van der Waals surface area contributed by atoms with Gasteiger partial charge in [0, 0.05) is 25.3 Å². The van der Waals surface area contributed by atoms with Crippen LogP contribution in [-0.4, -0.2) is 54.7 Å². The molecule has 0 saturated heterocycles. The molecule has 0 spiro atoms. The van der Waals surface area contributed by atoms with Gasteiger partial charge in [0.25, 0.3) is 0 Å². The fourth-order valence-electron chi connectivity index (χ4n) is 3.02. The summed E-state index contributed by atoms with van der Waals surface area (Å²) in [6, 6.07) is 7.45. The molecule has 1 atom stereocenters. The summed E-state index contributed by atoms with van der Waals surface area (Å²) < 4.78 is 12.6. The quantitative estimate of drug-likeness (QED) is 0.320. The molecular weight excluding hydrogens is 370 g/mol. The molecule has 0 aliphatic heterocycles. The minimum atomic E-state index is -0.736. The van der Waals surface area contributed by atoms with Crippen LogP contribution >= 0.6 is 0 Å². The highest BCUT2D eigenvalue weighted by Crippen LogP contribution is 2.30. The van der Waals surface area contributed by atoms with Crippen LogP contribution < -0.4 is 20.1 Å². The number of ether oxygens (including phenoxy) is 2. The van der Waals surface area contributed by atoms with Crippen molar-refractivity contribution in [2.75, 3.05) is 33.9 Å². The molecule has 29 heavy (non-hydrogen) atoms. The van der Waals surface area contributed by atoms with E-state index in [0.717, 1.165) is 37.3 Å². The van der Waals surface area contributed by atoms with Crippen molar-refractivity contribution in [1.29, 1.82) is 0 Å². The Morgan fingerprint density at radius 2 is 1.93 bits per heavy atom. The third-order valence-corrected chi connectivity index (χ3v) is 4.50. The number of aliphatic imine (C=N–C) groups is 1. The maximum absolute atomic E-state index is 10.5. The van der Waals surface area contributed by atoms with Crippen molar-refractivity contribution < 1.29 is 14.6 Å². The van der Waals surface area contributed by atoms with Crippen molar-refractivity contribution in [2.24, 2.45) is 4.99 Å². The van der Waals surface area contributed by atoms with Crippen molar-refractivity contribution in [1.82, 2.24) is 20.4 Å². The zero-order chi connectivity index (χ0) is 21.2. The molecule has 160 valence electrons. The monoisotopic (exact) mass is 403 g/mol. The fourth-order valence-corrected chi connectivity index (χ4v) is 3.02. The van der Waals surface area contributed by atoms with Crippen molar-refractivity contribution in [2.45, 2.75) is 39.8 Å². The lowest BCUT2D eigenvalue weighted by Crippen LogP contribution is -2.38. The summed E-state index contributed by atoms with van der Waals surface area (Å²) in [5.74, 6) is 1.90. The van der Waals surface area contributed by atoms with E-state index in [1.807, 2.05) is 24.6 Å². The summed E-state index contributed by atoms with van der Waals surface area (Å²) in [6.45, 7) is 8.67. The zero-order valence-corrected chi connectivity index (χ0v) is 18.0. The Hall–Kier alpha value is -2.74. The number of hydrogen-bond acceptors (Lipinski definition) is 5. The van der Waals surface area contributed by atoms with Crippen LogP contribution in [0.4, 0.5) is 0 Å². The minimum Gasteiger partial charge on any atom is -0.493 e. The molecule has 1 heterocycles. The van der Waals surface area contributed by atoms with Gasteiger partial charge in [0.05, 0.1) is 32.6 Å². The summed E-state index contributed by atoms with van der Waals surface area (Å²) in [5.41, 5.74) is 2.93. The van der Waals surface area contributed by atoms with E-state index in [4.69, 9.17) is 9.47 Å². The summed E-state index contributed by atoms with van der Waals surface area (Å²) in [4.78, 5) is 4.50. The van der Waals surface area contributed by atoms with Crippen LogP contribution in [0.15, 0.2) is 29.3 Å². The molecule has 0 aliphatic rings. The molecule has 0 radical (unpaired) electrons. The van der Waals surface area contributed by atoms with Gasteiger partial charge in [-0.05, 0) is 51.0 Å². The number of aryl methyl sites for hydroxylation is 3. The first-order valence-electron chi connectivity index (χ1n) is 9.91. The van der Waals surface area contributed by atoms with Crippen LogP contribution in [0.1, 0.15) is 36.4 Å². The van der Waals surface area contributed by atoms with Gasteiger partial charge in [0.15, 0.2) is 17.5 Å². The van der Waals surface area contributed by atoms with E-state index in [-0.39, 0.29) is 6.54 Å². The Kier molecular flexibility index (Phi) is 8.79. The summed E-state index contributed by atoms with van der Waals surface area (Å²) >= 11 is 0. The van der Waals surface area contributed by atoms with Crippen molar-refractivity contribution >= 4 is 5.96 Å². The largest absolute Gasteiger partial charge is 0.493 e. The maximum atomic E-state index is 10.5. The van der Waals surface area contributed by atoms with E-state index < -0.39 is 6.10 Å². The Balaban J connectivity index is 1.89. The highest BCUT2D eigenvalue weighted by Gasteiger charge is 2.12. The first-order chi connectivity index (χ1) is 14.0. The molecule has 0 aliphatic carbocycles. The van der Waals surface area contributed by atoms with Crippen LogP contribution in [0, 0.1) is 13.8 Å². The molecule has 1 aromatic heterocycles. The molecule has 1 unspecified atom stereocenters. The van der Waals surface area contributed by atoms with E-state index >= 15 is 0 Å². The molecule has 3 N–H and O–H groups in total. The molecule has 1 aromatic carbocycles. The number of rotatable bonds is 10. The topological polar surface area (TPSA) is 92.9 Å². The van der Waals surface area contributed by atoms with Crippen LogP contribution in [0.5, 0.6) is 11.5 Å². The van der Waals surface area contributed by atoms with Gasteiger partial charge in [0.2, 0.25) is 0 Å². The lowest BCUT2D eigenvalue weighted by molar-refractivity contribution is 0.186. The maximum Gasteiger partial charge on any atom is 0.191 e. The van der Waals surface area contributed by atoms with Gasteiger partial charge in [-0.15, -0.1) is 0 Å². The van der Waals surface area contributed by atoms with Crippen LogP contribution in [-0.2, 0) is 6.54 Å². The first kappa shape index (κ1) is 22.5. The molecular formula is C21H33N5O3. The summed E-state index contributed by atoms with van der Waals surface area (Å²) in [6.07, 6.45) is 0.185. The smallest absolute Gasteiger partial charge is 0.191 e. The van der Waals surface area contributed by atoms with E-state index in [9.17, 15) is 5.11 Å². The third kappa shape index (κ3) is 6.67. The third-order valence-electron chi connectivity index (χ3n) is 4.50. The molecule has 8 heteroatoms. The average Bonchev–Trinajstić information content (AvgIpc) is 3.05. The number of methoxy groups -OCH3 is 2. The molecule has 0 fully saturated rings. The second kappa shape index (κ2) is 11.3. The van der Waals surface area contributed by atoms with Crippen LogP contribution in [0.3, 0.4) is 0 Å². The zero-order valence-electron chi connectivity index (χ0n) is 18.0. The number of aromatic nitrogens is 2.